The summed E-state index contributed by atoms with van der Waals surface area (Å²) in [6.45, 7) is 14.7. The third-order valence-corrected chi connectivity index (χ3v) is 12.9. The van der Waals surface area contributed by atoms with E-state index in [0.717, 1.165) is 53.8 Å². The van der Waals surface area contributed by atoms with Gasteiger partial charge in [-0.1, -0.05) is 18.2 Å². The predicted molar refractivity (Wildman–Crippen MR) is 161 cm³/mol. The van der Waals surface area contributed by atoms with Crippen LogP contribution in [-0.4, -0.2) is 41.0 Å². The van der Waals surface area contributed by atoms with Crippen LogP contribution in [0.4, 0.5) is 0 Å². The summed E-state index contributed by atoms with van der Waals surface area (Å²) in [5.41, 5.74) is 3.83. The number of ether oxygens (including phenoxy) is 3. The van der Waals surface area contributed by atoms with Gasteiger partial charge in [0.15, 0.2) is 0 Å². The molecule has 226 valence electrons. The average molecular weight is 584 g/mol. The lowest BCUT2D eigenvalue weighted by Gasteiger charge is -2.32. The summed E-state index contributed by atoms with van der Waals surface area (Å²) in [4.78, 5) is 18.2. The number of hydrogen-bond acceptors (Lipinski definition) is 7. The van der Waals surface area contributed by atoms with Crippen molar-refractivity contribution >= 4 is 18.6 Å². The predicted octanol–water partition coefficient (Wildman–Crippen LogP) is 5.86. The maximum Gasteiger partial charge on any atom is 0.494 e. The molecule has 0 amide bonds. The quantitative estimate of drug-likeness (QED) is 0.330. The van der Waals surface area contributed by atoms with Gasteiger partial charge in [0.05, 0.1) is 17.1 Å². The molecule has 3 heterocycles. The minimum absolute atomic E-state index is 0.0397. The molecule has 5 unspecified atom stereocenters. The van der Waals surface area contributed by atoms with E-state index >= 15 is 0 Å². The van der Waals surface area contributed by atoms with Gasteiger partial charge in [-0.05, 0) is 131 Å². The van der Waals surface area contributed by atoms with E-state index in [4.69, 9.17) is 28.5 Å². The third kappa shape index (κ3) is 3.35. The molecule has 7 nitrogen and oxygen atoms in total. The molecule has 0 N–H and O–H groups in total. The summed E-state index contributed by atoms with van der Waals surface area (Å²) in [6, 6.07) is 10.4. The van der Waals surface area contributed by atoms with Gasteiger partial charge in [0.1, 0.15) is 18.3 Å². The van der Waals surface area contributed by atoms with Gasteiger partial charge in [-0.3, -0.25) is 4.79 Å². The van der Waals surface area contributed by atoms with E-state index in [0.29, 0.717) is 29.7 Å². The molecule has 0 radical (unpaired) electrons. The van der Waals surface area contributed by atoms with Gasteiger partial charge in [0, 0.05) is 11.6 Å². The molecule has 2 spiro atoms. The minimum atomic E-state index is -0.435. The average Bonchev–Trinajstić information content (AvgIpc) is 3.83. The fraction of sp³-hybridized carbons (Fsp3) is 0.657. The van der Waals surface area contributed by atoms with E-state index in [-0.39, 0.29) is 40.0 Å². The molecule has 5 aliphatic carbocycles. The van der Waals surface area contributed by atoms with Crippen LogP contribution in [0.1, 0.15) is 86.1 Å². The van der Waals surface area contributed by atoms with Crippen LogP contribution < -0.4 is 14.9 Å². The van der Waals surface area contributed by atoms with Crippen LogP contribution in [0.15, 0.2) is 30.3 Å². The first-order valence-electron chi connectivity index (χ1n) is 16.2. The van der Waals surface area contributed by atoms with Crippen LogP contribution in [0.5, 0.6) is 11.8 Å². The normalized spacial score (nSPS) is 39.7. The number of esters is 1. The van der Waals surface area contributed by atoms with Crippen molar-refractivity contribution in [2.24, 2.45) is 34.0 Å². The highest BCUT2D eigenvalue weighted by atomic mass is 16.7. The van der Waals surface area contributed by atoms with Gasteiger partial charge >= 0.3 is 13.1 Å². The highest BCUT2D eigenvalue weighted by Crippen LogP contribution is 3.06. The smallest absolute Gasteiger partial charge is 0.474 e. The largest absolute Gasteiger partial charge is 0.494 e. The summed E-state index contributed by atoms with van der Waals surface area (Å²) in [5, 5.41) is 0. The molecule has 8 heteroatoms. The van der Waals surface area contributed by atoms with Crippen molar-refractivity contribution in [3.05, 3.63) is 35.9 Å². The van der Waals surface area contributed by atoms with E-state index in [2.05, 4.69) is 52.0 Å². The molecular formula is C35H42BNO6. The van der Waals surface area contributed by atoms with Crippen molar-refractivity contribution in [1.29, 1.82) is 0 Å². The molecule has 43 heavy (non-hydrogen) atoms. The molecule has 1 aromatic carbocycles. The Kier molecular flexibility index (Phi) is 4.86. The summed E-state index contributed by atoms with van der Waals surface area (Å²) in [7, 11) is -0.401. The van der Waals surface area contributed by atoms with Crippen LogP contribution in [0.25, 0.3) is 11.1 Å². The number of rotatable bonds is 4. The number of nitrogens with zero attached hydrogens (tertiary/aromatic N) is 1. The molecular weight excluding hydrogens is 541 g/mol. The number of benzene rings is 1. The monoisotopic (exact) mass is 583 g/mol. The van der Waals surface area contributed by atoms with Crippen LogP contribution in [0, 0.1) is 34.0 Å². The number of pyridine rings is 1. The third-order valence-electron chi connectivity index (χ3n) is 12.9. The number of aromatic nitrogens is 1. The zero-order valence-corrected chi connectivity index (χ0v) is 26.4. The first-order valence-corrected chi connectivity index (χ1v) is 16.2. The topological polar surface area (TPSA) is 76.1 Å². The molecule has 2 aromatic rings. The van der Waals surface area contributed by atoms with Crippen molar-refractivity contribution in [2.75, 3.05) is 0 Å². The highest BCUT2D eigenvalue weighted by Gasteiger charge is 3.03. The molecule has 6 fully saturated rings. The van der Waals surface area contributed by atoms with Gasteiger partial charge < -0.3 is 23.5 Å². The van der Waals surface area contributed by atoms with Crippen molar-refractivity contribution in [3.8, 4) is 22.9 Å². The Bertz CT molecular complexity index is 1580. The SMILES string of the molecule is CC(C)(C)OC(=O)C1CC23C[C@H](Oc4ccc5c(n4)OCc4cc(B6OC(C)(C)C(C)(C)O6)ccc4-5)C[C@@H]4CC14C21CC31. The molecule has 7 aliphatic rings. The molecule has 2 aliphatic heterocycles. The lowest BCUT2D eigenvalue weighted by atomic mass is 9.77. The molecule has 5 saturated carbocycles. The first-order chi connectivity index (χ1) is 20.2. The van der Waals surface area contributed by atoms with Gasteiger partial charge in [-0.15, -0.1) is 0 Å². The number of fused-ring (bicyclic) bond motifs is 3. The fourth-order valence-corrected chi connectivity index (χ4v) is 10.3. The van der Waals surface area contributed by atoms with Crippen molar-refractivity contribution in [2.45, 2.75) is 110 Å². The Balaban J connectivity index is 0.924. The highest BCUT2D eigenvalue weighted by molar-refractivity contribution is 6.62. The van der Waals surface area contributed by atoms with E-state index in [9.17, 15) is 4.79 Å². The lowest BCUT2D eigenvalue weighted by molar-refractivity contribution is -0.163. The van der Waals surface area contributed by atoms with E-state index in [1.165, 1.54) is 6.42 Å². The van der Waals surface area contributed by atoms with E-state index in [1.807, 2.05) is 26.8 Å². The minimum Gasteiger partial charge on any atom is -0.474 e. The molecule has 1 aromatic heterocycles. The summed E-state index contributed by atoms with van der Waals surface area (Å²) in [5.74, 6) is 2.70. The Hall–Kier alpha value is -2.58. The maximum atomic E-state index is 13.3. The summed E-state index contributed by atoms with van der Waals surface area (Å²) < 4.78 is 31.3. The van der Waals surface area contributed by atoms with Gasteiger partial charge in [0.25, 0.3) is 0 Å². The van der Waals surface area contributed by atoms with Crippen LogP contribution in [0.2, 0.25) is 0 Å². The zero-order chi connectivity index (χ0) is 29.9. The number of carbonyl (C=O) groups is 1. The number of carbonyl (C=O) groups excluding carboxylic acids is 1. The van der Waals surface area contributed by atoms with E-state index < -0.39 is 12.7 Å². The zero-order valence-electron chi connectivity index (χ0n) is 26.4. The molecule has 1 saturated heterocycles. The second kappa shape index (κ2) is 7.79. The van der Waals surface area contributed by atoms with Gasteiger partial charge in [-0.25, -0.2) is 0 Å². The van der Waals surface area contributed by atoms with Crippen molar-refractivity contribution < 1.29 is 28.3 Å². The number of hydrogen-bond donors (Lipinski definition) is 0. The molecule has 9 rings (SSSR count). The summed E-state index contributed by atoms with van der Waals surface area (Å²) in [6.07, 6.45) is 5.59. The van der Waals surface area contributed by atoms with Gasteiger partial charge in [-0.2, -0.15) is 4.98 Å². The molecule has 7 atom stereocenters. The maximum absolute atomic E-state index is 13.3. The Labute approximate surface area is 254 Å². The Morgan fingerprint density at radius 1 is 0.977 bits per heavy atom. The second-order valence-corrected chi connectivity index (χ2v) is 16.6. The Morgan fingerprint density at radius 3 is 2.44 bits per heavy atom. The van der Waals surface area contributed by atoms with Gasteiger partial charge in [0.2, 0.25) is 11.8 Å². The standard InChI is InChI=1S/C35H42BNO6/c1-30(2,3)41-29(38)25-16-33-15-22(13-20-14-34(20,25)35(33)17-26(33)35)40-27-11-10-24-23-9-8-21(12-19(23)18-39-28(24)37-27)36-42-31(4,5)32(6,7)43-36/h8-12,20,22,25-26H,13-18H2,1-7H3/t20-,22-,25?,26?,33?,34?,35?/m1/s1. The van der Waals surface area contributed by atoms with Crippen molar-refractivity contribution in [1.82, 2.24) is 4.98 Å². The van der Waals surface area contributed by atoms with Crippen molar-refractivity contribution in [3.63, 3.8) is 0 Å². The molecule has 2 bridgehead atoms. The van der Waals surface area contributed by atoms with E-state index in [1.54, 1.807) is 0 Å². The second-order valence-electron chi connectivity index (χ2n) is 16.6. The van der Waals surface area contributed by atoms with Crippen LogP contribution >= 0.6 is 0 Å². The fourth-order valence-electron chi connectivity index (χ4n) is 10.3. The van der Waals surface area contributed by atoms with Crippen LogP contribution in [-0.2, 0) is 25.4 Å². The Morgan fingerprint density at radius 2 is 1.72 bits per heavy atom. The lowest BCUT2D eigenvalue weighted by Crippen LogP contribution is -2.41. The van der Waals surface area contributed by atoms with Crippen LogP contribution in [0.3, 0.4) is 0 Å². The summed E-state index contributed by atoms with van der Waals surface area (Å²) >= 11 is 0. The first kappa shape index (κ1) is 26.8.